The number of hydrogen-bond donors (Lipinski definition) is 2. The van der Waals surface area contributed by atoms with Crippen molar-refractivity contribution in [2.24, 2.45) is 0 Å². The van der Waals surface area contributed by atoms with Crippen LogP contribution in [0.5, 0.6) is 17.2 Å². The summed E-state index contributed by atoms with van der Waals surface area (Å²) in [7, 11) is 5.15. The van der Waals surface area contributed by atoms with E-state index >= 15 is 0 Å². The van der Waals surface area contributed by atoms with E-state index in [4.69, 9.17) is 9.47 Å². The molecule has 1 aliphatic rings. The quantitative estimate of drug-likeness (QED) is 0.261. The Kier molecular flexibility index (Phi) is 7.40. The summed E-state index contributed by atoms with van der Waals surface area (Å²) in [5.41, 5.74) is 0.892. The van der Waals surface area contributed by atoms with Gasteiger partial charge in [-0.1, -0.05) is 18.7 Å². The van der Waals surface area contributed by atoms with E-state index in [1.165, 1.54) is 18.1 Å². The molecule has 33 heavy (non-hydrogen) atoms. The number of ether oxygens (including phenoxy) is 2. The third-order valence-electron chi connectivity index (χ3n) is 5.34. The maximum Gasteiger partial charge on any atom is 0.295 e. The van der Waals surface area contributed by atoms with Crippen LogP contribution >= 0.6 is 0 Å². The SMILES string of the molecule is C=CCOc1ccc(C(O)=C2C(=O)C(=O)N(CCN(C)C)[C@@H]2c2ccc(O)c(OC)c2)cc1. The number of aliphatic hydroxyl groups is 1. The molecule has 2 aromatic rings. The Labute approximate surface area is 193 Å². The smallest absolute Gasteiger partial charge is 0.295 e. The van der Waals surface area contributed by atoms with E-state index in [2.05, 4.69) is 6.58 Å². The predicted octanol–water partition coefficient (Wildman–Crippen LogP) is 2.95. The average molecular weight is 453 g/mol. The number of carbonyl (C=O) groups excluding carboxylic acids is 2. The second-order valence-electron chi connectivity index (χ2n) is 7.85. The highest BCUT2D eigenvalue weighted by atomic mass is 16.5. The monoisotopic (exact) mass is 452 g/mol. The van der Waals surface area contributed by atoms with Gasteiger partial charge in [0, 0.05) is 18.7 Å². The van der Waals surface area contributed by atoms with Crippen LogP contribution in [-0.4, -0.2) is 72.6 Å². The van der Waals surface area contributed by atoms with Crippen LogP contribution in [0.3, 0.4) is 0 Å². The fraction of sp³-hybridized carbons (Fsp3) is 0.280. The van der Waals surface area contributed by atoms with E-state index in [0.717, 1.165) is 0 Å². The molecule has 1 fully saturated rings. The Morgan fingerprint density at radius 1 is 1.18 bits per heavy atom. The van der Waals surface area contributed by atoms with Crippen molar-refractivity contribution in [1.82, 2.24) is 9.80 Å². The molecule has 0 bridgehead atoms. The summed E-state index contributed by atoms with van der Waals surface area (Å²) >= 11 is 0. The molecular formula is C25H28N2O6. The first-order chi connectivity index (χ1) is 15.8. The summed E-state index contributed by atoms with van der Waals surface area (Å²) in [4.78, 5) is 29.3. The summed E-state index contributed by atoms with van der Waals surface area (Å²) < 4.78 is 10.7. The van der Waals surface area contributed by atoms with E-state index in [-0.39, 0.29) is 29.4 Å². The van der Waals surface area contributed by atoms with Crippen LogP contribution < -0.4 is 9.47 Å². The Morgan fingerprint density at radius 2 is 1.88 bits per heavy atom. The number of hydrogen-bond acceptors (Lipinski definition) is 7. The van der Waals surface area contributed by atoms with Crippen LogP contribution in [0.4, 0.5) is 0 Å². The van der Waals surface area contributed by atoms with Crippen molar-refractivity contribution in [3.63, 3.8) is 0 Å². The van der Waals surface area contributed by atoms with Crippen molar-refractivity contribution in [2.45, 2.75) is 6.04 Å². The topological polar surface area (TPSA) is 99.5 Å². The van der Waals surface area contributed by atoms with Gasteiger partial charge in [-0.2, -0.15) is 0 Å². The van der Waals surface area contributed by atoms with Gasteiger partial charge in [-0.3, -0.25) is 9.59 Å². The molecule has 1 saturated heterocycles. The van der Waals surface area contributed by atoms with Gasteiger partial charge in [-0.05, 0) is 56.1 Å². The number of Topliss-reactive ketones (excluding diaryl/α,β-unsaturated/α-hetero) is 1. The lowest BCUT2D eigenvalue weighted by Crippen LogP contribution is -2.35. The highest BCUT2D eigenvalue weighted by Gasteiger charge is 2.46. The molecule has 2 N–H and O–H groups in total. The normalized spacial score (nSPS) is 17.5. The van der Waals surface area contributed by atoms with Gasteiger partial charge in [0.25, 0.3) is 11.7 Å². The molecule has 0 radical (unpaired) electrons. The zero-order valence-corrected chi connectivity index (χ0v) is 18.9. The number of phenols is 1. The predicted molar refractivity (Wildman–Crippen MR) is 124 cm³/mol. The number of ketones is 1. The number of phenolic OH excluding ortho intramolecular Hbond substituents is 1. The van der Waals surface area contributed by atoms with Gasteiger partial charge in [-0.25, -0.2) is 0 Å². The van der Waals surface area contributed by atoms with E-state index in [1.807, 2.05) is 19.0 Å². The van der Waals surface area contributed by atoms with E-state index in [1.54, 1.807) is 42.5 Å². The molecule has 1 aliphatic heterocycles. The lowest BCUT2D eigenvalue weighted by molar-refractivity contribution is -0.140. The van der Waals surface area contributed by atoms with Crippen molar-refractivity contribution < 1.29 is 29.3 Å². The minimum Gasteiger partial charge on any atom is -0.507 e. The van der Waals surface area contributed by atoms with Gasteiger partial charge >= 0.3 is 0 Å². The minimum absolute atomic E-state index is 0.0220. The maximum atomic E-state index is 13.0. The first-order valence-electron chi connectivity index (χ1n) is 10.4. The Hall–Kier alpha value is -3.78. The molecule has 1 heterocycles. The summed E-state index contributed by atoms with van der Waals surface area (Å²) in [5.74, 6) is -1.03. The fourth-order valence-electron chi connectivity index (χ4n) is 3.65. The third-order valence-corrected chi connectivity index (χ3v) is 5.34. The van der Waals surface area contributed by atoms with Gasteiger partial charge in [0.15, 0.2) is 11.5 Å². The summed E-state index contributed by atoms with van der Waals surface area (Å²) in [5, 5.41) is 21.1. The van der Waals surface area contributed by atoms with E-state index in [0.29, 0.717) is 30.0 Å². The van der Waals surface area contributed by atoms with Crippen molar-refractivity contribution in [3.8, 4) is 17.2 Å². The standard InChI is InChI=1S/C25H28N2O6/c1-5-14-33-18-9-6-16(7-10-18)23(29)21-22(17-8-11-19(28)20(15-17)32-4)27(13-12-26(2)3)25(31)24(21)30/h5-11,15,22,28-29H,1,12-14H2,2-4H3/t22-/m1/s1. The highest BCUT2D eigenvalue weighted by molar-refractivity contribution is 6.46. The number of carbonyl (C=O) groups is 2. The molecule has 2 aromatic carbocycles. The van der Waals surface area contributed by atoms with Crippen LogP contribution in [-0.2, 0) is 9.59 Å². The number of rotatable bonds is 9. The molecule has 0 unspecified atom stereocenters. The molecule has 0 aromatic heterocycles. The molecule has 1 atom stereocenters. The Balaban J connectivity index is 2.10. The number of nitrogens with zero attached hydrogens (tertiary/aromatic N) is 2. The molecule has 1 amide bonds. The first-order valence-corrected chi connectivity index (χ1v) is 10.4. The molecule has 0 saturated carbocycles. The molecular weight excluding hydrogens is 424 g/mol. The zero-order valence-electron chi connectivity index (χ0n) is 18.9. The second kappa shape index (κ2) is 10.2. The van der Waals surface area contributed by atoms with Gasteiger partial charge in [0.1, 0.15) is 18.1 Å². The van der Waals surface area contributed by atoms with Crippen LogP contribution in [0.15, 0.2) is 60.7 Å². The molecule has 8 nitrogen and oxygen atoms in total. The first kappa shape index (κ1) is 23.9. The summed E-state index contributed by atoms with van der Waals surface area (Å²) in [6.45, 7) is 4.74. The van der Waals surface area contributed by atoms with Crippen LogP contribution in [0.1, 0.15) is 17.2 Å². The largest absolute Gasteiger partial charge is 0.507 e. The summed E-state index contributed by atoms with van der Waals surface area (Å²) in [6.07, 6.45) is 1.62. The van der Waals surface area contributed by atoms with Crippen molar-refractivity contribution in [3.05, 3.63) is 71.8 Å². The second-order valence-corrected chi connectivity index (χ2v) is 7.85. The molecule has 174 valence electrons. The summed E-state index contributed by atoms with van der Waals surface area (Å²) in [6, 6.07) is 10.3. The van der Waals surface area contributed by atoms with Crippen LogP contribution in [0, 0.1) is 0 Å². The third kappa shape index (κ3) is 5.01. The van der Waals surface area contributed by atoms with E-state index in [9.17, 15) is 19.8 Å². The number of methoxy groups -OCH3 is 1. The van der Waals surface area contributed by atoms with E-state index < -0.39 is 17.7 Å². The Bertz CT molecular complexity index is 1070. The number of aliphatic hydroxyl groups excluding tert-OH is 1. The lowest BCUT2D eigenvalue weighted by Gasteiger charge is -2.27. The van der Waals surface area contributed by atoms with Crippen molar-refractivity contribution >= 4 is 17.4 Å². The van der Waals surface area contributed by atoms with Gasteiger partial charge in [0.05, 0.1) is 18.7 Å². The number of aromatic hydroxyl groups is 1. The van der Waals surface area contributed by atoms with Gasteiger partial charge in [-0.15, -0.1) is 0 Å². The van der Waals surface area contributed by atoms with Crippen LogP contribution in [0.2, 0.25) is 0 Å². The molecule has 0 aliphatic carbocycles. The molecule has 3 rings (SSSR count). The fourth-order valence-corrected chi connectivity index (χ4v) is 3.65. The van der Waals surface area contributed by atoms with Crippen molar-refractivity contribution in [1.29, 1.82) is 0 Å². The molecule has 0 spiro atoms. The number of amides is 1. The van der Waals surface area contributed by atoms with Gasteiger partial charge in [0.2, 0.25) is 0 Å². The lowest BCUT2D eigenvalue weighted by atomic mass is 9.95. The Morgan fingerprint density at radius 3 is 2.48 bits per heavy atom. The number of likely N-dealkylation sites (tertiary alicyclic amines) is 1. The minimum atomic E-state index is -0.837. The zero-order chi connectivity index (χ0) is 24.1. The highest BCUT2D eigenvalue weighted by Crippen LogP contribution is 2.41. The number of likely N-dealkylation sites (N-methyl/N-ethyl adjacent to an activating group) is 1. The number of benzene rings is 2. The maximum absolute atomic E-state index is 13.0. The van der Waals surface area contributed by atoms with Gasteiger partial charge < -0.3 is 29.5 Å². The van der Waals surface area contributed by atoms with Crippen molar-refractivity contribution in [2.75, 3.05) is 40.9 Å². The average Bonchev–Trinajstić information content (AvgIpc) is 3.06. The molecule has 8 heteroatoms. The van der Waals surface area contributed by atoms with Crippen LogP contribution in [0.25, 0.3) is 5.76 Å².